The van der Waals surface area contributed by atoms with Crippen molar-refractivity contribution < 1.29 is 32.3 Å². The summed E-state index contributed by atoms with van der Waals surface area (Å²) < 4.78 is 45.9. The van der Waals surface area contributed by atoms with Crippen LogP contribution in [-0.2, 0) is 31.8 Å². The summed E-state index contributed by atoms with van der Waals surface area (Å²) in [6.45, 7) is 2.14. The van der Waals surface area contributed by atoms with Gasteiger partial charge in [-0.1, -0.05) is 37.3 Å². The van der Waals surface area contributed by atoms with Gasteiger partial charge in [-0.25, -0.2) is 4.98 Å². The summed E-state index contributed by atoms with van der Waals surface area (Å²) in [5, 5.41) is 2.73. The molecule has 2 amide bonds. The predicted octanol–water partition coefficient (Wildman–Crippen LogP) is 3.78. The zero-order valence-electron chi connectivity index (χ0n) is 19.3. The van der Waals surface area contributed by atoms with Crippen LogP contribution in [0.2, 0.25) is 0 Å². The highest BCUT2D eigenvalue weighted by atomic mass is 19.4. The number of amides is 2. The van der Waals surface area contributed by atoms with Gasteiger partial charge in [0.15, 0.2) is 6.61 Å². The van der Waals surface area contributed by atoms with Gasteiger partial charge in [0.1, 0.15) is 6.54 Å². The SMILES string of the molecule is CCCN(CC(=O)Nc1ccccc1C)C(=O)COC(=O)Cn1c(C(F)(F)F)nc2ccccc21. The van der Waals surface area contributed by atoms with Crippen LogP contribution in [0.5, 0.6) is 0 Å². The number of fused-ring (bicyclic) bond motifs is 1. The Bertz CT molecular complexity index is 1220. The third kappa shape index (κ3) is 6.58. The zero-order chi connectivity index (χ0) is 25.6. The summed E-state index contributed by atoms with van der Waals surface area (Å²) in [5.41, 5.74) is 1.66. The predicted molar refractivity (Wildman–Crippen MR) is 122 cm³/mol. The molecule has 0 bridgehead atoms. The lowest BCUT2D eigenvalue weighted by atomic mass is 10.2. The number of hydrogen-bond acceptors (Lipinski definition) is 5. The molecule has 0 saturated carbocycles. The van der Waals surface area contributed by atoms with Crippen molar-refractivity contribution in [1.82, 2.24) is 14.5 Å². The zero-order valence-corrected chi connectivity index (χ0v) is 19.3. The van der Waals surface area contributed by atoms with Crippen LogP contribution in [0.3, 0.4) is 0 Å². The lowest BCUT2D eigenvalue weighted by Crippen LogP contribution is -2.41. The molecule has 0 saturated heterocycles. The van der Waals surface area contributed by atoms with Crippen LogP contribution in [0.1, 0.15) is 24.7 Å². The van der Waals surface area contributed by atoms with Crippen LogP contribution in [0.4, 0.5) is 18.9 Å². The van der Waals surface area contributed by atoms with Crippen molar-refractivity contribution in [2.45, 2.75) is 33.0 Å². The number of nitrogens with one attached hydrogen (secondary N) is 1. The number of carbonyl (C=O) groups excluding carboxylic acids is 3. The highest BCUT2D eigenvalue weighted by molar-refractivity contribution is 5.95. The van der Waals surface area contributed by atoms with Crippen LogP contribution in [0.25, 0.3) is 11.0 Å². The lowest BCUT2D eigenvalue weighted by molar-refractivity contribution is -0.155. The van der Waals surface area contributed by atoms with Crippen molar-refractivity contribution in [2.24, 2.45) is 0 Å². The Kier molecular flexibility index (Phi) is 8.10. The normalized spacial score (nSPS) is 11.3. The first-order chi connectivity index (χ1) is 16.6. The van der Waals surface area contributed by atoms with Crippen LogP contribution in [-0.4, -0.2) is 51.9 Å². The van der Waals surface area contributed by atoms with E-state index in [4.69, 9.17) is 4.74 Å². The highest BCUT2D eigenvalue weighted by Gasteiger charge is 2.38. The fourth-order valence-corrected chi connectivity index (χ4v) is 3.50. The van der Waals surface area contributed by atoms with Gasteiger partial charge in [-0.3, -0.25) is 14.4 Å². The minimum atomic E-state index is -4.78. The van der Waals surface area contributed by atoms with Crippen molar-refractivity contribution in [2.75, 3.05) is 25.0 Å². The average molecular weight is 490 g/mol. The van der Waals surface area contributed by atoms with Gasteiger partial charge in [-0.2, -0.15) is 13.2 Å². The van der Waals surface area contributed by atoms with E-state index in [9.17, 15) is 27.6 Å². The number of ether oxygens (including phenoxy) is 1. The van der Waals surface area contributed by atoms with Gasteiger partial charge in [-0.15, -0.1) is 0 Å². The second-order valence-electron chi connectivity index (χ2n) is 7.85. The molecule has 35 heavy (non-hydrogen) atoms. The monoisotopic (exact) mass is 490 g/mol. The molecule has 0 fully saturated rings. The van der Waals surface area contributed by atoms with Gasteiger partial charge in [0.2, 0.25) is 11.7 Å². The molecular formula is C24H25F3N4O4. The minimum Gasteiger partial charge on any atom is -0.454 e. The lowest BCUT2D eigenvalue weighted by Gasteiger charge is -2.22. The van der Waals surface area contributed by atoms with Crippen LogP contribution in [0.15, 0.2) is 48.5 Å². The molecule has 1 aromatic heterocycles. The number of aryl methyl sites for hydroxylation is 1. The summed E-state index contributed by atoms with van der Waals surface area (Å²) in [6, 6.07) is 13.0. The Hall–Kier alpha value is -3.89. The van der Waals surface area contributed by atoms with E-state index in [1.165, 1.54) is 29.2 Å². The van der Waals surface area contributed by atoms with E-state index >= 15 is 0 Å². The largest absolute Gasteiger partial charge is 0.454 e. The van der Waals surface area contributed by atoms with E-state index in [-0.39, 0.29) is 24.1 Å². The number of halogens is 3. The maximum absolute atomic E-state index is 13.4. The smallest absolute Gasteiger partial charge is 0.449 e. The molecule has 0 aliphatic rings. The topological polar surface area (TPSA) is 93.5 Å². The maximum Gasteiger partial charge on any atom is 0.449 e. The molecule has 8 nitrogen and oxygen atoms in total. The molecule has 0 radical (unpaired) electrons. The molecule has 0 spiro atoms. The van der Waals surface area contributed by atoms with Gasteiger partial charge in [0.25, 0.3) is 5.91 Å². The number of aromatic nitrogens is 2. The summed E-state index contributed by atoms with van der Waals surface area (Å²) in [7, 11) is 0. The Morgan fingerprint density at radius 3 is 2.46 bits per heavy atom. The average Bonchev–Trinajstić information content (AvgIpc) is 3.17. The molecule has 3 aromatic rings. The molecule has 186 valence electrons. The van der Waals surface area contributed by atoms with E-state index < -0.39 is 42.9 Å². The maximum atomic E-state index is 13.4. The van der Waals surface area contributed by atoms with Gasteiger partial charge >= 0.3 is 12.1 Å². The molecule has 0 unspecified atom stereocenters. The fraction of sp³-hybridized carbons (Fsp3) is 0.333. The summed E-state index contributed by atoms with van der Waals surface area (Å²) in [6.07, 6.45) is -4.23. The van der Waals surface area contributed by atoms with Crippen molar-refractivity contribution >= 4 is 34.5 Å². The molecule has 2 aromatic carbocycles. The molecule has 3 rings (SSSR count). The molecule has 0 atom stereocenters. The van der Waals surface area contributed by atoms with E-state index in [0.717, 1.165) is 5.56 Å². The van der Waals surface area contributed by atoms with E-state index in [1.807, 2.05) is 26.0 Å². The molecule has 11 heteroatoms. The first-order valence-corrected chi connectivity index (χ1v) is 10.9. The molecule has 0 aliphatic carbocycles. The van der Waals surface area contributed by atoms with E-state index in [1.54, 1.807) is 12.1 Å². The number of para-hydroxylation sites is 3. The van der Waals surface area contributed by atoms with E-state index in [2.05, 4.69) is 10.3 Å². The molecule has 0 aliphatic heterocycles. The van der Waals surface area contributed by atoms with E-state index in [0.29, 0.717) is 16.7 Å². The first-order valence-electron chi connectivity index (χ1n) is 10.9. The summed E-state index contributed by atoms with van der Waals surface area (Å²) in [4.78, 5) is 42.2. The highest BCUT2D eigenvalue weighted by Crippen LogP contribution is 2.31. The van der Waals surface area contributed by atoms with Crippen molar-refractivity contribution in [1.29, 1.82) is 0 Å². The number of esters is 1. The number of anilines is 1. The second-order valence-corrected chi connectivity index (χ2v) is 7.85. The Labute approximate surface area is 199 Å². The van der Waals surface area contributed by atoms with Crippen LogP contribution < -0.4 is 5.32 Å². The third-order valence-electron chi connectivity index (χ3n) is 5.15. The van der Waals surface area contributed by atoms with Gasteiger partial charge < -0.3 is 19.5 Å². The van der Waals surface area contributed by atoms with Crippen molar-refractivity contribution in [3.63, 3.8) is 0 Å². The van der Waals surface area contributed by atoms with Gasteiger partial charge in [0.05, 0.1) is 17.6 Å². The first kappa shape index (κ1) is 25.7. The molecule has 1 N–H and O–H groups in total. The number of nitrogens with zero attached hydrogens (tertiary/aromatic N) is 3. The minimum absolute atomic E-state index is 0.0810. The molecular weight excluding hydrogens is 465 g/mol. The fourth-order valence-electron chi connectivity index (χ4n) is 3.50. The van der Waals surface area contributed by atoms with Gasteiger partial charge in [-0.05, 0) is 37.1 Å². The number of benzene rings is 2. The Morgan fingerprint density at radius 1 is 1.09 bits per heavy atom. The van der Waals surface area contributed by atoms with Crippen molar-refractivity contribution in [3.05, 3.63) is 59.9 Å². The second kappa shape index (κ2) is 11.0. The Morgan fingerprint density at radius 2 is 1.77 bits per heavy atom. The van der Waals surface area contributed by atoms with Crippen LogP contribution in [0, 0.1) is 6.92 Å². The quantitative estimate of drug-likeness (QED) is 0.461. The van der Waals surface area contributed by atoms with Gasteiger partial charge in [0, 0.05) is 12.2 Å². The summed E-state index contributed by atoms with van der Waals surface area (Å²) >= 11 is 0. The number of hydrogen-bond donors (Lipinski definition) is 1. The third-order valence-corrected chi connectivity index (χ3v) is 5.15. The standard InChI is InChI=1S/C24H25F3N4O4/c1-3-12-30(13-20(32)28-17-9-5-4-8-16(17)2)21(33)15-35-22(34)14-31-19-11-7-6-10-18(19)29-23(31)24(25,26)27/h4-11H,3,12-15H2,1-2H3,(H,28,32). The number of carbonyl (C=O) groups is 3. The van der Waals surface area contributed by atoms with Crippen LogP contribution >= 0.6 is 0 Å². The Balaban J connectivity index is 1.63. The number of imidazole rings is 1. The molecule has 1 heterocycles. The summed E-state index contributed by atoms with van der Waals surface area (Å²) in [5.74, 6) is -3.32. The number of rotatable bonds is 9. The number of alkyl halides is 3. The van der Waals surface area contributed by atoms with Crippen molar-refractivity contribution in [3.8, 4) is 0 Å².